The molecule has 0 aliphatic rings. The van der Waals surface area contributed by atoms with Crippen LogP contribution in [0.3, 0.4) is 0 Å². The lowest BCUT2D eigenvalue weighted by atomic mass is 10.0. The second-order valence-electron chi connectivity index (χ2n) is 5.54. The second kappa shape index (κ2) is 7.50. The van der Waals surface area contributed by atoms with Crippen molar-refractivity contribution in [3.63, 3.8) is 0 Å². The number of aryl methyl sites for hydroxylation is 2. The maximum atomic E-state index is 6.08. The predicted octanol–water partition coefficient (Wildman–Crippen LogP) is 6.18. The fourth-order valence-electron chi connectivity index (χ4n) is 2.88. The van der Waals surface area contributed by atoms with Crippen molar-refractivity contribution in [1.29, 1.82) is 0 Å². The summed E-state index contributed by atoms with van der Waals surface area (Å²) in [5.74, 6) is 0. The Labute approximate surface area is 147 Å². The number of aromatic amines is 1. The average molecular weight is 337 g/mol. The van der Waals surface area contributed by atoms with Crippen LogP contribution in [0.15, 0.2) is 60.8 Å². The lowest BCUT2D eigenvalue weighted by molar-refractivity contribution is 0.962. The molecule has 0 amide bonds. The van der Waals surface area contributed by atoms with E-state index in [9.17, 15) is 0 Å². The van der Waals surface area contributed by atoms with E-state index in [1.165, 1.54) is 16.5 Å². The molecule has 1 N–H and O–H groups in total. The topological polar surface area (TPSA) is 28.7 Å². The Kier molecular flexibility index (Phi) is 5.17. The summed E-state index contributed by atoms with van der Waals surface area (Å²) in [7, 11) is 0. The monoisotopic (exact) mass is 336 g/mol. The molecule has 0 aliphatic carbocycles. The highest BCUT2D eigenvalue weighted by atomic mass is 35.5. The van der Waals surface area contributed by atoms with Crippen LogP contribution in [0, 0.1) is 0 Å². The van der Waals surface area contributed by atoms with Crippen molar-refractivity contribution in [1.82, 2.24) is 9.97 Å². The molecule has 0 atom stereocenters. The highest BCUT2D eigenvalue weighted by Gasteiger charge is 2.07. The molecule has 0 radical (unpaired) electrons. The Hall–Kier alpha value is -2.32. The number of H-pyrrole nitrogens is 1. The molecule has 0 spiro atoms. The van der Waals surface area contributed by atoms with Crippen LogP contribution in [-0.4, -0.2) is 9.97 Å². The molecule has 2 aromatic carbocycles. The number of pyridine rings is 1. The summed E-state index contributed by atoms with van der Waals surface area (Å²) in [6.45, 7) is 4.00. The van der Waals surface area contributed by atoms with Gasteiger partial charge in [0, 0.05) is 22.5 Å². The highest BCUT2D eigenvalue weighted by Crippen LogP contribution is 2.27. The third-order valence-electron chi connectivity index (χ3n) is 4.03. The van der Waals surface area contributed by atoms with Gasteiger partial charge in [-0.2, -0.15) is 0 Å². The van der Waals surface area contributed by atoms with Gasteiger partial charge in [-0.15, -0.1) is 0 Å². The molecule has 2 heterocycles. The van der Waals surface area contributed by atoms with E-state index in [2.05, 4.69) is 58.5 Å². The Bertz CT molecular complexity index is 942. The van der Waals surface area contributed by atoms with Crippen molar-refractivity contribution in [3.05, 3.63) is 76.9 Å². The maximum Gasteiger partial charge on any atom is 0.138 e. The van der Waals surface area contributed by atoms with Crippen molar-refractivity contribution in [3.8, 4) is 0 Å². The Balaban J connectivity index is 0.000000815. The zero-order chi connectivity index (χ0) is 16.9. The summed E-state index contributed by atoms with van der Waals surface area (Å²) in [6, 6.07) is 19.1. The minimum absolute atomic E-state index is 0.670. The summed E-state index contributed by atoms with van der Waals surface area (Å²) in [4.78, 5) is 7.69. The Morgan fingerprint density at radius 3 is 2.42 bits per heavy atom. The average Bonchev–Trinajstić information content (AvgIpc) is 3.00. The van der Waals surface area contributed by atoms with Gasteiger partial charge in [-0.3, -0.25) is 0 Å². The van der Waals surface area contributed by atoms with Crippen molar-refractivity contribution in [2.24, 2.45) is 0 Å². The molecule has 0 saturated carbocycles. The molecule has 24 heavy (non-hydrogen) atoms. The molecule has 0 aliphatic heterocycles. The number of halogens is 1. The molecule has 4 aromatic rings. The van der Waals surface area contributed by atoms with E-state index in [0.717, 1.165) is 29.4 Å². The van der Waals surface area contributed by atoms with Crippen LogP contribution in [-0.2, 0) is 12.8 Å². The van der Waals surface area contributed by atoms with Gasteiger partial charge >= 0.3 is 0 Å². The van der Waals surface area contributed by atoms with Crippen LogP contribution in [0.2, 0.25) is 5.02 Å². The van der Waals surface area contributed by atoms with Gasteiger partial charge in [0.1, 0.15) is 5.65 Å². The molecule has 4 rings (SSSR count). The fraction of sp³-hybridized carbons (Fsp3) is 0.190. The maximum absolute atomic E-state index is 6.08. The van der Waals surface area contributed by atoms with Crippen molar-refractivity contribution in [2.75, 3.05) is 0 Å². The lowest BCUT2D eigenvalue weighted by Gasteiger charge is -2.03. The van der Waals surface area contributed by atoms with E-state index in [1.807, 2.05) is 19.9 Å². The predicted molar refractivity (Wildman–Crippen MR) is 104 cm³/mol. The molecule has 0 fully saturated rings. The van der Waals surface area contributed by atoms with Crippen molar-refractivity contribution >= 4 is 33.5 Å². The smallest absolute Gasteiger partial charge is 0.138 e. The first kappa shape index (κ1) is 16.5. The third-order valence-corrected chi connectivity index (χ3v) is 4.23. The molecular formula is C21H21ClN2. The number of nitrogens with zero attached hydrogens (tertiary/aromatic N) is 1. The molecule has 2 aromatic heterocycles. The van der Waals surface area contributed by atoms with Gasteiger partial charge < -0.3 is 4.98 Å². The molecule has 3 heteroatoms. The number of rotatable bonds is 3. The summed E-state index contributed by atoms with van der Waals surface area (Å²) >= 11 is 6.08. The number of fused-ring (bicyclic) bond motifs is 3. The van der Waals surface area contributed by atoms with Crippen molar-refractivity contribution in [2.45, 2.75) is 26.7 Å². The van der Waals surface area contributed by atoms with E-state index in [4.69, 9.17) is 11.6 Å². The number of nitrogens with one attached hydrogen (secondary N) is 1. The second-order valence-corrected chi connectivity index (χ2v) is 5.98. The number of benzene rings is 2. The van der Waals surface area contributed by atoms with Gasteiger partial charge in [0.2, 0.25) is 0 Å². The first-order valence-corrected chi connectivity index (χ1v) is 8.77. The first-order chi connectivity index (χ1) is 11.8. The van der Waals surface area contributed by atoms with Crippen LogP contribution < -0.4 is 0 Å². The van der Waals surface area contributed by atoms with Gasteiger partial charge in [-0.1, -0.05) is 61.8 Å². The van der Waals surface area contributed by atoms with Crippen molar-refractivity contribution < 1.29 is 0 Å². The van der Waals surface area contributed by atoms with Gasteiger partial charge in [0.05, 0.1) is 5.02 Å². The summed E-state index contributed by atoms with van der Waals surface area (Å²) in [5.41, 5.74) is 4.69. The van der Waals surface area contributed by atoms with Crippen LogP contribution in [0.1, 0.15) is 25.0 Å². The quantitative estimate of drug-likeness (QED) is 0.475. The zero-order valence-electron chi connectivity index (χ0n) is 14.0. The normalized spacial score (nSPS) is 10.6. The largest absolute Gasteiger partial charge is 0.339 e. The molecule has 2 nitrogen and oxygen atoms in total. The lowest BCUT2D eigenvalue weighted by Crippen LogP contribution is -1.90. The molecule has 122 valence electrons. The molecular weight excluding hydrogens is 316 g/mol. The number of aromatic nitrogens is 2. The fourth-order valence-corrected chi connectivity index (χ4v) is 3.04. The highest BCUT2D eigenvalue weighted by molar-refractivity contribution is 6.31. The minimum atomic E-state index is 0.670. The Morgan fingerprint density at radius 1 is 0.875 bits per heavy atom. The summed E-state index contributed by atoms with van der Waals surface area (Å²) < 4.78 is 0. The van der Waals surface area contributed by atoms with E-state index in [0.29, 0.717) is 5.02 Å². The van der Waals surface area contributed by atoms with Gasteiger partial charge in [-0.05, 0) is 42.2 Å². The summed E-state index contributed by atoms with van der Waals surface area (Å²) in [5, 5.41) is 2.95. The van der Waals surface area contributed by atoms with E-state index >= 15 is 0 Å². The minimum Gasteiger partial charge on any atom is -0.339 e. The number of hydrogen-bond acceptors (Lipinski definition) is 1. The standard InChI is InChI=1S/C19H15ClN2.C2H6/c20-15-11-17-16-10-14(7-6-13-4-2-1-3-5-13)8-9-18(16)22-19(17)21-12-15;1-2/h1-5,8-12H,6-7H2,(H,21,22);1-2H3. The molecule has 0 bridgehead atoms. The van der Waals surface area contributed by atoms with Crippen LogP contribution in [0.25, 0.3) is 21.9 Å². The van der Waals surface area contributed by atoms with Gasteiger partial charge in [0.25, 0.3) is 0 Å². The van der Waals surface area contributed by atoms with Gasteiger partial charge in [0.15, 0.2) is 0 Å². The van der Waals surface area contributed by atoms with E-state index in [1.54, 1.807) is 6.20 Å². The Morgan fingerprint density at radius 2 is 1.62 bits per heavy atom. The van der Waals surface area contributed by atoms with E-state index < -0.39 is 0 Å². The summed E-state index contributed by atoms with van der Waals surface area (Å²) in [6.07, 6.45) is 3.75. The zero-order valence-corrected chi connectivity index (χ0v) is 14.8. The SMILES string of the molecule is CC.Clc1cnc2[nH]c3ccc(CCc4ccccc4)cc3c2c1. The third kappa shape index (κ3) is 3.44. The first-order valence-electron chi connectivity index (χ1n) is 8.39. The van der Waals surface area contributed by atoms with Gasteiger partial charge in [-0.25, -0.2) is 4.98 Å². The van der Waals surface area contributed by atoms with E-state index in [-0.39, 0.29) is 0 Å². The number of hydrogen-bond donors (Lipinski definition) is 1. The van der Waals surface area contributed by atoms with Crippen LogP contribution in [0.4, 0.5) is 0 Å². The van der Waals surface area contributed by atoms with Crippen LogP contribution in [0.5, 0.6) is 0 Å². The molecule has 0 unspecified atom stereocenters. The molecule has 0 saturated heterocycles. The van der Waals surface area contributed by atoms with Crippen LogP contribution >= 0.6 is 11.6 Å².